The fourth-order valence-corrected chi connectivity index (χ4v) is 2.11. The van der Waals surface area contributed by atoms with Gasteiger partial charge in [0.05, 0.1) is 19.0 Å². The van der Waals surface area contributed by atoms with E-state index >= 15 is 0 Å². The van der Waals surface area contributed by atoms with E-state index in [-0.39, 0.29) is 11.4 Å². The number of alkyl halides is 1. The van der Waals surface area contributed by atoms with Crippen LogP contribution in [0, 0.1) is 11.3 Å². The first-order chi connectivity index (χ1) is 11.0. The number of hydrogen-bond donors (Lipinski definition) is 1. The van der Waals surface area contributed by atoms with Crippen LogP contribution in [0.25, 0.3) is 10.9 Å². The zero-order chi connectivity index (χ0) is 16.8. The third-order valence-corrected chi connectivity index (χ3v) is 3.14. The minimum atomic E-state index is -0.416. The number of hydrogen-bond acceptors (Lipinski definition) is 4. The minimum Gasteiger partial charge on any atom is -0.493 e. The molecular weight excluding hydrogens is 297 g/mol. The van der Waals surface area contributed by atoms with Gasteiger partial charge in [-0.25, -0.2) is 0 Å². The first kappa shape index (κ1) is 16.6. The summed E-state index contributed by atoms with van der Waals surface area (Å²) in [6.07, 6.45) is 1.83. The van der Waals surface area contributed by atoms with Crippen molar-refractivity contribution in [3.8, 4) is 11.8 Å². The maximum atomic E-state index is 12.4. The SMILES string of the molecule is CN(C)/C=C(\C#N)C(=O)c1cc2cc(OCCCF)ccc2[nH]1. The highest BCUT2D eigenvalue weighted by molar-refractivity contribution is 6.12. The number of fused-ring (bicyclic) bond motifs is 1. The van der Waals surface area contributed by atoms with Gasteiger partial charge in [-0.3, -0.25) is 9.18 Å². The second-order valence-corrected chi connectivity index (χ2v) is 5.27. The molecule has 0 radical (unpaired) electrons. The molecule has 23 heavy (non-hydrogen) atoms. The van der Waals surface area contributed by atoms with Crippen molar-refractivity contribution in [1.82, 2.24) is 9.88 Å². The van der Waals surface area contributed by atoms with Crippen LogP contribution in [0.3, 0.4) is 0 Å². The lowest BCUT2D eigenvalue weighted by atomic mass is 10.1. The summed E-state index contributed by atoms with van der Waals surface area (Å²) in [5.74, 6) is 0.255. The van der Waals surface area contributed by atoms with Gasteiger partial charge in [-0.2, -0.15) is 5.26 Å². The second kappa shape index (κ2) is 7.45. The standard InChI is InChI=1S/C17H18FN3O2/c1-21(2)11-13(10-19)17(22)16-9-12-8-14(23-7-3-6-18)4-5-15(12)20-16/h4-5,8-9,11,20H,3,6-7H2,1-2H3/b13-11+. The van der Waals surface area contributed by atoms with Crippen molar-refractivity contribution < 1.29 is 13.9 Å². The summed E-state index contributed by atoms with van der Waals surface area (Å²) in [4.78, 5) is 17.0. The number of H-pyrrole nitrogens is 1. The molecule has 1 aromatic carbocycles. The Kier molecular flexibility index (Phi) is 5.36. The van der Waals surface area contributed by atoms with E-state index in [1.165, 1.54) is 6.20 Å². The van der Waals surface area contributed by atoms with Gasteiger partial charge in [-0.15, -0.1) is 0 Å². The van der Waals surface area contributed by atoms with E-state index < -0.39 is 6.67 Å². The Labute approximate surface area is 134 Å². The average Bonchev–Trinajstić information content (AvgIpc) is 2.95. The molecule has 0 atom stereocenters. The van der Waals surface area contributed by atoms with Crippen molar-refractivity contribution in [2.75, 3.05) is 27.4 Å². The Morgan fingerprint density at radius 3 is 2.87 bits per heavy atom. The number of carbonyl (C=O) groups excluding carboxylic acids is 1. The smallest absolute Gasteiger partial charge is 0.221 e. The number of rotatable bonds is 7. The molecule has 0 unspecified atom stereocenters. The van der Waals surface area contributed by atoms with Crippen molar-refractivity contribution >= 4 is 16.7 Å². The molecule has 2 rings (SSSR count). The van der Waals surface area contributed by atoms with Crippen molar-refractivity contribution in [3.63, 3.8) is 0 Å². The molecular formula is C17H18FN3O2. The summed E-state index contributed by atoms with van der Waals surface area (Å²) in [6.45, 7) is -0.109. The van der Waals surface area contributed by atoms with Gasteiger partial charge in [0.1, 0.15) is 17.4 Å². The van der Waals surface area contributed by atoms with Gasteiger partial charge in [0.15, 0.2) is 0 Å². The van der Waals surface area contributed by atoms with Crippen molar-refractivity contribution in [3.05, 3.63) is 41.7 Å². The molecule has 0 amide bonds. The number of Topliss-reactive ketones (excluding diaryl/α,β-unsaturated/α-hetero) is 1. The maximum Gasteiger partial charge on any atom is 0.221 e. The number of ketones is 1. The number of nitrogens with zero attached hydrogens (tertiary/aromatic N) is 2. The van der Waals surface area contributed by atoms with Crippen LogP contribution < -0.4 is 4.74 Å². The van der Waals surface area contributed by atoms with Crippen molar-refractivity contribution in [2.24, 2.45) is 0 Å². The number of aromatic nitrogens is 1. The second-order valence-electron chi connectivity index (χ2n) is 5.27. The third-order valence-electron chi connectivity index (χ3n) is 3.14. The first-order valence-electron chi connectivity index (χ1n) is 7.19. The Hall–Kier alpha value is -2.81. The number of nitrogens with one attached hydrogen (secondary N) is 1. The van der Waals surface area contributed by atoms with Gasteiger partial charge in [0.25, 0.3) is 0 Å². The zero-order valence-corrected chi connectivity index (χ0v) is 13.1. The number of halogens is 1. The van der Waals surface area contributed by atoms with E-state index in [9.17, 15) is 9.18 Å². The van der Waals surface area contributed by atoms with Gasteiger partial charge in [0.2, 0.25) is 5.78 Å². The summed E-state index contributed by atoms with van der Waals surface area (Å²) in [6, 6.07) is 8.92. The summed E-state index contributed by atoms with van der Waals surface area (Å²) in [5, 5.41) is 9.92. The Balaban J connectivity index is 2.26. The van der Waals surface area contributed by atoms with E-state index in [0.717, 1.165) is 10.9 Å². The summed E-state index contributed by atoms with van der Waals surface area (Å²) in [7, 11) is 3.49. The van der Waals surface area contributed by atoms with E-state index in [1.54, 1.807) is 43.3 Å². The molecule has 1 aromatic heterocycles. The minimum absolute atomic E-state index is 0.0565. The number of ether oxygens (including phenoxy) is 1. The monoisotopic (exact) mass is 315 g/mol. The molecule has 0 aliphatic carbocycles. The molecule has 0 aliphatic rings. The molecule has 5 nitrogen and oxygen atoms in total. The van der Waals surface area contributed by atoms with Crippen molar-refractivity contribution in [2.45, 2.75) is 6.42 Å². The van der Waals surface area contributed by atoms with E-state index in [4.69, 9.17) is 10.00 Å². The summed E-state index contributed by atoms with van der Waals surface area (Å²) >= 11 is 0. The number of aromatic amines is 1. The third kappa shape index (κ3) is 4.10. The average molecular weight is 315 g/mol. The summed E-state index contributed by atoms with van der Waals surface area (Å²) < 4.78 is 17.5. The number of allylic oxidation sites excluding steroid dienone is 1. The lowest BCUT2D eigenvalue weighted by molar-refractivity contribution is 0.103. The summed E-state index contributed by atoms with van der Waals surface area (Å²) in [5.41, 5.74) is 1.17. The molecule has 2 aromatic rings. The van der Waals surface area contributed by atoms with Crippen LogP contribution in [0.5, 0.6) is 5.75 Å². The molecule has 120 valence electrons. The molecule has 0 saturated carbocycles. The number of carbonyl (C=O) groups is 1. The van der Waals surface area contributed by atoms with Crippen LogP contribution in [0.15, 0.2) is 36.0 Å². The van der Waals surface area contributed by atoms with E-state index in [0.29, 0.717) is 24.5 Å². The molecule has 0 spiro atoms. The highest BCUT2D eigenvalue weighted by Crippen LogP contribution is 2.23. The molecule has 0 saturated heterocycles. The predicted molar refractivity (Wildman–Crippen MR) is 86.1 cm³/mol. The van der Waals surface area contributed by atoms with Gasteiger partial charge >= 0.3 is 0 Å². The van der Waals surface area contributed by atoms with Gasteiger partial charge in [-0.1, -0.05) is 0 Å². The Bertz CT molecular complexity index is 772. The van der Waals surface area contributed by atoms with Crippen LogP contribution in [-0.4, -0.2) is 43.0 Å². The Morgan fingerprint density at radius 1 is 1.43 bits per heavy atom. The molecule has 1 N–H and O–H groups in total. The van der Waals surface area contributed by atoms with Crippen LogP contribution in [0.1, 0.15) is 16.9 Å². The molecule has 6 heteroatoms. The normalized spacial score (nSPS) is 11.3. The fraction of sp³-hybridized carbons (Fsp3) is 0.294. The Morgan fingerprint density at radius 2 is 2.22 bits per heavy atom. The fourth-order valence-electron chi connectivity index (χ4n) is 2.11. The number of nitriles is 1. The molecule has 0 fully saturated rings. The van der Waals surface area contributed by atoms with Gasteiger partial charge in [0, 0.05) is 37.6 Å². The van der Waals surface area contributed by atoms with E-state index in [1.807, 2.05) is 6.07 Å². The quantitative estimate of drug-likeness (QED) is 0.369. The number of benzene rings is 1. The van der Waals surface area contributed by atoms with Crippen LogP contribution >= 0.6 is 0 Å². The lowest BCUT2D eigenvalue weighted by Crippen LogP contribution is -2.09. The molecule has 0 bridgehead atoms. The highest BCUT2D eigenvalue weighted by atomic mass is 19.1. The first-order valence-corrected chi connectivity index (χ1v) is 7.19. The zero-order valence-electron chi connectivity index (χ0n) is 13.1. The van der Waals surface area contributed by atoms with Crippen LogP contribution in [-0.2, 0) is 0 Å². The molecule has 0 aliphatic heterocycles. The topological polar surface area (TPSA) is 69.1 Å². The van der Waals surface area contributed by atoms with Gasteiger partial charge in [-0.05, 0) is 24.3 Å². The van der Waals surface area contributed by atoms with Crippen LogP contribution in [0.4, 0.5) is 4.39 Å². The largest absolute Gasteiger partial charge is 0.493 e. The molecule has 1 heterocycles. The highest BCUT2D eigenvalue weighted by Gasteiger charge is 2.15. The van der Waals surface area contributed by atoms with Gasteiger partial charge < -0.3 is 14.6 Å². The predicted octanol–water partition coefficient (Wildman–Crippen LogP) is 3.06. The van der Waals surface area contributed by atoms with Crippen LogP contribution in [0.2, 0.25) is 0 Å². The van der Waals surface area contributed by atoms with E-state index in [2.05, 4.69) is 4.98 Å². The van der Waals surface area contributed by atoms with Crippen molar-refractivity contribution in [1.29, 1.82) is 5.26 Å². The lowest BCUT2D eigenvalue weighted by Gasteiger charge is -2.04. The maximum absolute atomic E-state index is 12.4.